The number of hydrogen-bond donors (Lipinski definition) is 2. The second kappa shape index (κ2) is 7.01. The summed E-state index contributed by atoms with van der Waals surface area (Å²) >= 11 is 1.28. The van der Waals surface area contributed by atoms with Gasteiger partial charge in [-0.15, -0.1) is 11.3 Å². The first-order valence-corrected chi connectivity index (χ1v) is 7.17. The molecule has 0 bridgehead atoms. The third-order valence-corrected chi connectivity index (χ3v) is 3.81. The zero-order valence-electron chi connectivity index (χ0n) is 11.4. The molecule has 5 nitrogen and oxygen atoms in total. The third kappa shape index (κ3) is 3.68. The van der Waals surface area contributed by atoms with E-state index in [2.05, 4.69) is 5.32 Å². The second-order valence-corrected chi connectivity index (χ2v) is 5.27. The van der Waals surface area contributed by atoms with Gasteiger partial charge in [0.1, 0.15) is 0 Å². The summed E-state index contributed by atoms with van der Waals surface area (Å²) in [7, 11) is 1.39. The van der Waals surface area contributed by atoms with Crippen molar-refractivity contribution in [3.63, 3.8) is 0 Å². The lowest BCUT2D eigenvalue weighted by molar-refractivity contribution is -0.140. The van der Waals surface area contributed by atoms with Gasteiger partial charge in [0.2, 0.25) is 0 Å². The Hall–Kier alpha value is -2.18. The molecule has 0 radical (unpaired) electrons. The average molecular weight is 305 g/mol. The molecule has 0 saturated heterocycles. The van der Waals surface area contributed by atoms with Crippen LogP contribution >= 0.6 is 11.3 Å². The maximum absolute atomic E-state index is 12.3. The van der Waals surface area contributed by atoms with Gasteiger partial charge in [0.25, 0.3) is 5.91 Å². The number of carbonyl (C=O) groups is 2. The van der Waals surface area contributed by atoms with Gasteiger partial charge >= 0.3 is 5.97 Å². The summed E-state index contributed by atoms with van der Waals surface area (Å²) in [6, 6.07) is 10.3. The molecule has 1 unspecified atom stereocenters. The molecule has 2 aromatic rings. The lowest BCUT2D eigenvalue weighted by atomic mass is 10.1. The molecule has 6 heteroatoms. The van der Waals surface area contributed by atoms with E-state index in [4.69, 9.17) is 9.84 Å². The van der Waals surface area contributed by atoms with Crippen molar-refractivity contribution in [3.8, 4) is 11.1 Å². The molecule has 2 rings (SSSR count). The third-order valence-electron chi connectivity index (χ3n) is 2.89. The van der Waals surface area contributed by atoms with Crippen molar-refractivity contribution in [2.45, 2.75) is 6.04 Å². The molecule has 0 fully saturated rings. The van der Waals surface area contributed by atoms with Gasteiger partial charge < -0.3 is 15.2 Å². The van der Waals surface area contributed by atoms with Crippen LogP contribution in [0.4, 0.5) is 0 Å². The molecule has 1 aromatic heterocycles. The summed E-state index contributed by atoms with van der Waals surface area (Å²) in [6.45, 7) is -0.0763. The van der Waals surface area contributed by atoms with E-state index >= 15 is 0 Å². The first-order chi connectivity index (χ1) is 10.1. The summed E-state index contributed by atoms with van der Waals surface area (Å²) in [5, 5.41) is 13.3. The minimum atomic E-state index is -1.12. The number of carboxylic acid groups (broad SMARTS) is 1. The molecule has 1 amide bonds. The molecule has 0 saturated carbocycles. The Kier molecular flexibility index (Phi) is 5.08. The van der Waals surface area contributed by atoms with E-state index in [1.165, 1.54) is 18.4 Å². The van der Waals surface area contributed by atoms with Crippen LogP contribution in [0.25, 0.3) is 11.1 Å². The van der Waals surface area contributed by atoms with Crippen LogP contribution in [0.1, 0.15) is 9.67 Å². The normalized spacial score (nSPS) is 11.9. The fourth-order valence-electron chi connectivity index (χ4n) is 1.90. The van der Waals surface area contributed by atoms with Crippen molar-refractivity contribution in [3.05, 3.63) is 46.7 Å². The summed E-state index contributed by atoms with van der Waals surface area (Å²) in [5.41, 5.74) is 1.71. The Morgan fingerprint density at radius 1 is 1.29 bits per heavy atom. The van der Waals surface area contributed by atoms with Crippen LogP contribution in [0, 0.1) is 0 Å². The van der Waals surface area contributed by atoms with Gasteiger partial charge in [-0.1, -0.05) is 30.3 Å². The number of amides is 1. The highest BCUT2D eigenvalue weighted by atomic mass is 32.1. The SMILES string of the molecule is COCC(NC(=O)c1sccc1-c1ccccc1)C(=O)O. The molecule has 0 aliphatic heterocycles. The first-order valence-electron chi connectivity index (χ1n) is 6.29. The molecular weight excluding hydrogens is 290 g/mol. The van der Waals surface area contributed by atoms with E-state index < -0.39 is 17.9 Å². The Morgan fingerprint density at radius 2 is 2.00 bits per heavy atom. The largest absolute Gasteiger partial charge is 0.480 e. The minimum Gasteiger partial charge on any atom is -0.480 e. The number of carboxylic acids is 1. The van der Waals surface area contributed by atoms with Crippen LogP contribution < -0.4 is 5.32 Å². The molecule has 0 spiro atoms. The van der Waals surface area contributed by atoms with Gasteiger partial charge in [-0.25, -0.2) is 4.79 Å². The Bertz CT molecular complexity index is 624. The van der Waals surface area contributed by atoms with E-state index in [9.17, 15) is 9.59 Å². The average Bonchev–Trinajstić information content (AvgIpc) is 2.97. The van der Waals surface area contributed by atoms with Gasteiger partial charge in [0, 0.05) is 12.7 Å². The molecule has 1 atom stereocenters. The molecule has 110 valence electrons. The Balaban J connectivity index is 2.21. The molecule has 0 aliphatic carbocycles. The van der Waals surface area contributed by atoms with Gasteiger partial charge in [-0.2, -0.15) is 0 Å². The number of nitrogens with one attached hydrogen (secondary N) is 1. The monoisotopic (exact) mass is 305 g/mol. The van der Waals surface area contributed by atoms with Gasteiger partial charge in [0.05, 0.1) is 11.5 Å². The van der Waals surface area contributed by atoms with Gasteiger partial charge in [0.15, 0.2) is 6.04 Å². The lowest BCUT2D eigenvalue weighted by Crippen LogP contribution is -2.43. The highest BCUT2D eigenvalue weighted by molar-refractivity contribution is 7.12. The van der Waals surface area contributed by atoms with Crippen LogP contribution in [-0.4, -0.2) is 36.7 Å². The zero-order valence-corrected chi connectivity index (χ0v) is 12.2. The summed E-state index contributed by atoms with van der Waals surface area (Å²) in [6.07, 6.45) is 0. The number of rotatable bonds is 6. The van der Waals surface area contributed by atoms with Crippen molar-refractivity contribution in [2.24, 2.45) is 0 Å². The molecule has 21 heavy (non-hydrogen) atoms. The quantitative estimate of drug-likeness (QED) is 0.858. The number of carbonyl (C=O) groups excluding carboxylic acids is 1. The van der Waals surface area contributed by atoms with E-state index in [0.717, 1.165) is 11.1 Å². The van der Waals surface area contributed by atoms with Crippen molar-refractivity contribution in [1.29, 1.82) is 0 Å². The first kappa shape index (κ1) is 15.2. The highest BCUT2D eigenvalue weighted by Gasteiger charge is 2.22. The highest BCUT2D eigenvalue weighted by Crippen LogP contribution is 2.28. The number of methoxy groups -OCH3 is 1. The molecular formula is C15H15NO4S. The maximum atomic E-state index is 12.3. The lowest BCUT2D eigenvalue weighted by Gasteiger charge is -2.13. The number of ether oxygens (including phenoxy) is 1. The van der Waals surface area contributed by atoms with Crippen LogP contribution in [0.5, 0.6) is 0 Å². The smallest absolute Gasteiger partial charge is 0.328 e. The second-order valence-electron chi connectivity index (χ2n) is 4.35. The molecule has 1 aromatic carbocycles. The van der Waals surface area contributed by atoms with Gasteiger partial charge in [-0.3, -0.25) is 4.79 Å². The van der Waals surface area contributed by atoms with Crippen LogP contribution in [0.2, 0.25) is 0 Å². The molecule has 0 aliphatic rings. The number of benzene rings is 1. The maximum Gasteiger partial charge on any atom is 0.328 e. The predicted octanol–water partition coefficient (Wildman–Crippen LogP) is 2.24. The van der Waals surface area contributed by atoms with Gasteiger partial charge in [-0.05, 0) is 17.0 Å². The zero-order chi connectivity index (χ0) is 15.2. The topological polar surface area (TPSA) is 75.6 Å². The standard InChI is InChI=1S/C15H15NO4S/c1-20-9-12(15(18)19)16-14(17)13-11(7-8-21-13)10-5-3-2-4-6-10/h2-8,12H,9H2,1H3,(H,16,17)(H,18,19). The summed E-state index contributed by atoms with van der Waals surface area (Å²) in [4.78, 5) is 23.8. The van der Waals surface area contributed by atoms with Crippen LogP contribution in [0.3, 0.4) is 0 Å². The van der Waals surface area contributed by atoms with Crippen molar-refractivity contribution < 1.29 is 19.4 Å². The Labute approximate surface area is 126 Å². The molecule has 1 heterocycles. The van der Waals surface area contributed by atoms with E-state index in [1.54, 1.807) is 0 Å². The number of hydrogen-bond acceptors (Lipinski definition) is 4. The van der Waals surface area contributed by atoms with Crippen molar-refractivity contribution >= 4 is 23.2 Å². The summed E-state index contributed by atoms with van der Waals surface area (Å²) < 4.78 is 4.81. The minimum absolute atomic E-state index is 0.0763. The van der Waals surface area contributed by atoms with E-state index in [0.29, 0.717) is 4.88 Å². The predicted molar refractivity (Wildman–Crippen MR) is 80.5 cm³/mol. The van der Waals surface area contributed by atoms with Crippen molar-refractivity contribution in [2.75, 3.05) is 13.7 Å². The number of aliphatic carboxylic acids is 1. The van der Waals surface area contributed by atoms with E-state index in [-0.39, 0.29) is 6.61 Å². The molecule has 2 N–H and O–H groups in total. The van der Waals surface area contributed by atoms with E-state index in [1.807, 2.05) is 41.8 Å². The number of thiophene rings is 1. The Morgan fingerprint density at radius 3 is 2.62 bits per heavy atom. The fourth-order valence-corrected chi connectivity index (χ4v) is 2.71. The van der Waals surface area contributed by atoms with Crippen LogP contribution in [-0.2, 0) is 9.53 Å². The summed E-state index contributed by atoms with van der Waals surface area (Å²) in [5.74, 6) is -1.53. The fraction of sp³-hybridized carbons (Fsp3) is 0.200. The van der Waals surface area contributed by atoms with Crippen LogP contribution in [0.15, 0.2) is 41.8 Å². The van der Waals surface area contributed by atoms with Crippen molar-refractivity contribution in [1.82, 2.24) is 5.32 Å².